The molecule has 1 aliphatic carbocycles. The molecule has 6 nitrogen and oxygen atoms in total. The van der Waals surface area contributed by atoms with Crippen molar-refractivity contribution in [2.45, 2.75) is 32.2 Å². The lowest BCUT2D eigenvalue weighted by Crippen LogP contribution is -2.32. The van der Waals surface area contributed by atoms with Gasteiger partial charge in [0.15, 0.2) is 11.5 Å². The second-order valence-corrected chi connectivity index (χ2v) is 7.91. The molecule has 29 heavy (non-hydrogen) atoms. The molecule has 1 fully saturated rings. The number of ether oxygens (including phenoxy) is 2. The summed E-state index contributed by atoms with van der Waals surface area (Å²) < 4.78 is 11.1. The fourth-order valence-electron chi connectivity index (χ4n) is 4.40. The zero-order valence-corrected chi connectivity index (χ0v) is 16.3. The number of nitrogens with one attached hydrogen (secondary N) is 1. The number of hydrogen-bond donors (Lipinski definition) is 1. The van der Waals surface area contributed by atoms with Crippen LogP contribution in [0.5, 0.6) is 11.5 Å². The van der Waals surface area contributed by atoms with Crippen LogP contribution in [-0.2, 0) is 29.0 Å². The summed E-state index contributed by atoms with van der Waals surface area (Å²) in [4.78, 5) is 26.9. The number of aryl methyl sites for hydroxylation is 2. The molecule has 2 aromatic carbocycles. The Labute approximate surface area is 169 Å². The van der Waals surface area contributed by atoms with Crippen LogP contribution in [0.25, 0.3) is 0 Å². The minimum Gasteiger partial charge on any atom is -0.486 e. The third-order valence-electron chi connectivity index (χ3n) is 5.96. The third-order valence-corrected chi connectivity index (χ3v) is 5.96. The first-order valence-electron chi connectivity index (χ1n) is 10.3. The second-order valence-electron chi connectivity index (χ2n) is 7.91. The first kappa shape index (κ1) is 18.0. The van der Waals surface area contributed by atoms with Crippen molar-refractivity contribution in [1.82, 2.24) is 5.32 Å². The van der Waals surface area contributed by atoms with E-state index in [1.807, 2.05) is 18.2 Å². The highest BCUT2D eigenvalue weighted by atomic mass is 16.6. The van der Waals surface area contributed by atoms with Crippen molar-refractivity contribution in [3.8, 4) is 11.5 Å². The first-order chi connectivity index (χ1) is 14.2. The van der Waals surface area contributed by atoms with Crippen LogP contribution >= 0.6 is 0 Å². The molecule has 0 aromatic heterocycles. The summed E-state index contributed by atoms with van der Waals surface area (Å²) in [6.45, 7) is 1.91. The lowest BCUT2D eigenvalue weighted by atomic mass is 10.1. The van der Waals surface area contributed by atoms with Gasteiger partial charge in [0.05, 0.1) is 5.92 Å². The fraction of sp³-hybridized carbons (Fsp3) is 0.391. The summed E-state index contributed by atoms with van der Waals surface area (Å²) in [7, 11) is 0. The Morgan fingerprint density at radius 1 is 1.03 bits per heavy atom. The van der Waals surface area contributed by atoms with E-state index in [1.165, 1.54) is 17.5 Å². The molecule has 2 heterocycles. The maximum absolute atomic E-state index is 12.7. The third kappa shape index (κ3) is 3.55. The Morgan fingerprint density at radius 3 is 2.76 bits per heavy atom. The number of anilines is 1. The molecule has 1 N–H and O–H groups in total. The summed E-state index contributed by atoms with van der Waals surface area (Å²) in [5.41, 5.74) is 4.69. The molecule has 150 valence electrons. The van der Waals surface area contributed by atoms with E-state index in [2.05, 4.69) is 23.5 Å². The van der Waals surface area contributed by atoms with Gasteiger partial charge in [0, 0.05) is 31.3 Å². The highest BCUT2D eigenvalue weighted by Crippen LogP contribution is 2.36. The van der Waals surface area contributed by atoms with E-state index < -0.39 is 0 Å². The molecule has 6 heteroatoms. The lowest BCUT2D eigenvalue weighted by molar-refractivity contribution is -0.126. The Kier molecular flexibility index (Phi) is 4.62. The molecule has 5 rings (SSSR count). The van der Waals surface area contributed by atoms with Gasteiger partial charge in [-0.3, -0.25) is 9.59 Å². The van der Waals surface area contributed by atoms with Crippen molar-refractivity contribution in [2.24, 2.45) is 5.92 Å². The van der Waals surface area contributed by atoms with Crippen molar-refractivity contribution < 1.29 is 19.1 Å². The van der Waals surface area contributed by atoms with Gasteiger partial charge in [-0.05, 0) is 48.1 Å². The van der Waals surface area contributed by atoms with Gasteiger partial charge >= 0.3 is 0 Å². The zero-order valence-electron chi connectivity index (χ0n) is 16.3. The average Bonchev–Trinajstić information content (AvgIpc) is 3.37. The summed E-state index contributed by atoms with van der Waals surface area (Å²) in [5, 5.41) is 3.01. The minimum absolute atomic E-state index is 0.0423. The number of rotatable bonds is 4. The summed E-state index contributed by atoms with van der Waals surface area (Å²) >= 11 is 0. The van der Waals surface area contributed by atoms with Gasteiger partial charge in [0.2, 0.25) is 11.8 Å². The standard InChI is InChI=1S/C23H24N2O4/c26-22-11-18(14-25(22)19-6-7-20-21(12-19)29-9-8-28-20)23(27)24-13-15-4-5-16-2-1-3-17(16)10-15/h4-7,10,12,18H,1-3,8-9,11,13-14H2,(H,24,27). The van der Waals surface area contributed by atoms with Gasteiger partial charge in [0.1, 0.15) is 13.2 Å². The molecule has 1 atom stereocenters. The lowest BCUT2D eigenvalue weighted by Gasteiger charge is -2.22. The van der Waals surface area contributed by atoms with Crippen LogP contribution < -0.4 is 19.7 Å². The van der Waals surface area contributed by atoms with Gasteiger partial charge < -0.3 is 19.7 Å². The van der Waals surface area contributed by atoms with Crippen LogP contribution in [0.3, 0.4) is 0 Å². The van der Waals surface area contributed by atoms with E-state index in [0.29, 0.717) is 37.8 Å². The van der Waals surface area contributed by atoms with Gasteiger partial charge in [-0.15, -0.1) is 0 Å². The summed E-state index contributed by atoms with van der Waals surface area (Å²) in [5.74, 6) is 0.879. The van der Waals surface area contributed by atoms with Gasteiger partial charge in [-0.1, -0.05) is 18.2 Å². The van der Waals surface area contributed by atoms with Crippen molar-refractivity contribution in [3.63, 3.8) is 0 Å². The Morgan fingerprint density at radius 2 is 1.86 bits per heavy atom. The van der Waals surface area contributed by atoms with Crippen LogP contribution in [-0.4, -0.2) is 31.6 Å². The Balaban J connectivity index is 1.22. The minimum atomic E-state index is -0.342. The maximum Gasteiger partial charge on any atom is 0.227 e. The highest BCUT2D eigenvalue weighted by molar-refractivity contribution is 6.00. The van der Waals surface area contributed by atoms with Crippen LogP contribution in [0.1, 0.15) is 29.5 Å². The maximum atomic E-state index is 12.7. The molecule has 2 aliphatic heterocycles. The predicted octanol–water partition coefficient (Wildman–Crippen LogP) is 2.62. The van der Waals surface area contributed by atoms with Crippen LogP contribution in [0.2, 0.25) is 0 Å². The molecule has 0 saturated carbocycles. The van der Waals surface area contributed by atoms with E-state index in [9.17, 15) is 9.59 Å². The van der Waals surface area contributed by atoms with Gasteiger partial charge in [0.25, 0.3) is 0 Å². The van der Waals surface area contributed by atoms with Crippen molar-refractivity contribution in [2.75, 3.05) is 24.7 Å². The normalized spacial score (nSPS) is 19.9. The van der Waals surface area contributed by atoms with E-state index in [1.54, 1.807) is 4.90 Å². The zero-order chi connectivity index (χ0) is 19.8. The first-order valence-corrected chi connectivity index (χ1v) is 10.3. The number of amides is 2. The monoisotopic (exact) mass is 392 g/mol. The van der Waals surface area contributed by atoms with Crippen molar-refractivity contribution in [3.05, 3.63) is 53.1 Å². The largest absolute Gasteiger partial charge is 0.486 e. The Bertz CT molecular complexity index is 971. The van der Waals surface area contributed by atoms with Gasteiger partial charge in [-0.2, -0.15) is 0 Å². The molecule has 0 spiro atoms. The van der Waals surface area contributed by atoms with Crippen LogP contribution in [0.15, 0.2) is 36.4 Å². The average molecular weight is 392 g/mol. The summed E-state index contributed by atoms with van der Waals surface area (Å²) in [6.07, 6.45) is 3.72. The van der Waals surface area contributed by atoms with E-state index in [0.717, 1.165) is 24.1 Å². The molecule has 1 unspecified atom stereocenters. The molecular weight excluding hydrogens is 368 g/mol. The van der Waals surface area contributed by atoms with E-state index >= 15 is 0 Å². The van der Waals surface area contributed by atoms with E-state index in [4.69, 9.17) is 9.47 Å². The van der Waals surface area contributed by atoms with Crippen molar-refractivity contribution >= 4 is 17.5 Å². The fourth-order valence-corrected chi connectivity index (χ4v) is 4.40. The molecule has 0 radical (unpaired) electrons. The number of carbonyl (C=O) groups is 2. The molecular formula is C23H24N2O4. The summed E-state index contributed by atoms with van der Waals surface area (Å²) in [6, 6.07) is 11.9. The van der Waals surface area contributed by atoms with E-state index in [-0.39, 0.29) is 24.2 Å². The smallest absolute Gasteiger partial charge is 0.227 e. The predicted molar refractivity (Wildman–Crippen MR) is 108 cm³/mol. The van der Waals surface area contributed by atoms with Crippen molar-refractivity contribution in [1.29, 1.82) is 0 Å². The van der Waals surface area contributed by atoms with Crippen LogP contribution in [0, 0.1) is 5.92 Å². The van der Waals surface area contributed by atoms with Gasteiger partial charge in [-0.25, -0.2) is 0 Å². The second kappa shape index (κ2) is 7.43. The molecule has 2 amide bonds. The number of fused-ring (bicyclic) bond motifs is 2. The van der Waals surface area contributed by atoms with Crippen LogP contribution in [0.4, 0.5) is 5.69 Å². The quantitative estimate of drug-likeness (QED) is 0.869. The molecule has 2 aromatic rings. The Hall–Kier alpha value is -3.02. The molecule has 1 saturated heterocycles. The number of nitrogens with zero attached hydrogens (tertiary/aromatic N) is 1. The highest BCUT2D eigenvalue weighted by Gasteiger charge is 2.35. The number of carbonyl (C=O) groups excluding carboxylic acids is 2. The topological polar surface area (TPSA) is 67.9 Å². The molecule has 3 aliphatic rings. The molecule has 0 bridgehead atoms. The number of benzene rings is 2. The SMILES string of the molecule is O=C(NCc1ccc2c(c1)CCC2)C1CC(=O)N(c2ccc3c(c2)OCCO3)C1. The number of hydrogen-bond acceptors (Lipinski definition) is 4.